The van der Waals surface area contributed by atoms with E-state index in [4.69, 9.17) is 0 Å². The second kappa shape index (κ2) is 8.20. The molecule has 0 atom stereocenters. The Morgan fingerprint density at radius 1 is 0.867 bits per heavy atom. The van der Waals surface area contributed by atoms with Crippen LogP contribution in [-0.4, -0.2) is 4.98 Å². The molecule has 1 aliphatic rings. The minimum absolute atomic E-state index is 0.0175. The largest absolute Gasteiger partial charge is 0.366 e. The average Bonchev–Trinajstić information content (AvgIpc) is 3.28. The molecule has 0 amide bonds. The third-order valence-electron chi connectivity index (χ3n) is 6.02. The van der Waals surface area contributed by atoms with Gasteiger partial charge in [-0.05, 0) is 70.5 Å². The molecule has 0 fully saturated rings. The lowest BCUT2D eigenvalue weighted by Crippen LogP contribution is -2.14. The molecule has 1 heteroatoms. The van der Waals surface area contributed by atoms with Gasteiger partial charge in [-0.3, -0.25) is 0 Å². The Morgan fingerprint density at radius 2 is 1.57 bits per heavy atom. The topological polar surface area (TPSA) is 15.8 Å². The predicted octanol–water partition coefficient (Wildman–Crippen LogP) is 7.91. The van der Waals surface area contributed by atoms with Gasteiger partial charge in [0.25, 0.3) is 0 Å². The Balaban J connectivity index is 1.83. The number of benzene rings is 2. The summed E-state index contributed by atoms with van der Waals surface area (Å²) < 4.78 is 0. The van der Waals surface area contributed by atoms with Crippen LogP contribution in [-0.2, 0) is 5.41 Å². The van der Waals surface area contributed by atoms with E-state index >= 15 is 0 Å². The number of hydrogen-bond acceptors (Lipinski definition) is 0. The Kier molecular flexibility index (Phi) is 5.46. The zero-order valence-electron chi connectivity index (χ0n) is 18.2. The van der Waals surface area contributed by atoms with Crippen molar-refractivity contribution in [3.05, 3.63) is 119 Å². The molecular formula is C29H29N. The van der Waals surface area contributed by atoms with Gasteiger partial charge in [0.2, 0.25) is 0 Å². The van der Waals surface area contributed by atoms with Crippen LogP contribution in [0, 0.1) is 0 Å². The minimum Gasteiger partial charge on any atom is -0.366 e. The van der Waals surface area contributed by atoms with E-state index in [1.165, 1.54) is 44.5 Å². The fraction of sp³-hybridized carbons (Fsp3) is 0.172. The van der Waals surface area contributed by atoms with E-state index in [0.717, 1.165) is 0 Å². The summed E-state index contributed by atoms with van der Waals surface area (Å²) in [6, 6.07) is 19.3. The van der Waals surface area contributed by atoms with Gasteiger partial charge in [0.05, 0.1) is 0 Å². The van der Waals surface area contributed by atoms with Crippen molar-refractivity contribution in [3.8, 4) is 0 Å². The standard InChI is InChI=1S/C29H29N/c1-5-12-22(21-13-8-7-9-14-21)17-23-19-30-20-24(23)18-26-25-15-10-11-16-28(25)29(3,4)27(26)6-2/h5-20,30H,1-4H3/b12-5-,22-17+,26-18?,27-6+. The molecule has 0 saturated carbocycles. The van der Waals surface area contributed by atoms with Crippen LogP contribution in [0.15, 0.2) is 90.8 Å². The highest BCUT2D eigenvalue weighted by Crippen LogP contribution is 2.50. The number of aromatic amines is 1. The first-order chi connectivity index (χ1) is 14.6. The maximum atomic E-state index is 3.32. The highest BCUT2D eigenvalue weighted by molar-refractivity contribution is 5.99. The maximum absolute atomic E-state index is 3.32. The third kappa shape index (κ3) is 3.52. The van der Waals surface area contributed by atoms with E-state index in [1.807, 2.05) is 0 Å². The van der Waals surface area contributed by atoms with Crippen molar-refractivity contribution in [1.82, 2.24) is 4.98 Å². The summed E-state index contributed by atoms with van der Waals surface area (Å²) in [5, 5.41) is 0. The maximum Gasteiger partial charge on any atom is 0.0155 e. The molecule has 2 aromatic carbocycles. The van der Waals surface area contributed by atoms with Crippen molar-refractivity contribution >= 4 is 23.3 Å². The van der Waals surface area contributed by atoms with Gasteiger partial charge in [-0.2, -0.15) is 0 Å². The van der Waals surface area contributed by atoms with Gasteiger partial charge in [-0.25, -0.2) is 0 Å². The fourth-order valence-corrected chi connectivity index (χ4v) is 4.56. The van der Waals surface area contributed by atoms with Crippen LogP contribution < -0.4 is 0 Å². The molecule has 1 nitrogen and oxygen atoms in total. The Morgan fingerprint density at radius 3 is 2.30 bits per heavy atom. The summed E-state index contributed by atoms with van der Waals surface area (Å²) in [6.45, 7) is 8.85. The monoisotopic (exact) mass is 391 g/mol. The first-order valence-corrected chi connectivity index (χ1v) is 10.6. The summed E-state index contributed by atoms with van der Waals surface area (Å²) >= 11 is 0. The van der Waals surface area contributed by atoms with Gasteiger partial charge in [-0.15, -0.1) is 0 Å². The lowest BCUT2D eigenvalue weighted by Gasteiger charge is -2.21. The van der Waals surface area contributed by atoms with E-state index in [0.29, 0.717) is 0 Å². The van der Waals surface area contributed by atoms with Crippen molar-refractivity contribution in [2.75, 3.05) is 0 Å². The van der Waals surface area contributed by atoms with Crippen molar-refractivity contribution in [2.24, 2.45) is 0 Å². The van der Waals surface area contributed by atoms with Gasteiger partial charge in [-0.1, -0.05) is 86.7 Å². The van der Waals surface area contributed by atoms with Crippen molar-refractivity contribution in [1.29, 1.82) is 0 Å². The number of hydrogen-bond donors (Lipinski definition) is 1. The molecule has 0 saturated heterocycles. The van der Waals surface area contributed by atoms with Gasteiger partial charge in [0, 0.05) is 17.8 Å². The van der Waals surface area contributed by atoms with E-state index in [1.54, 1.807) is 0 Å². The summed E-state index contributed by atoms with van der Waals surface area (Å²) in [6.07, 6.45) is 15.3. The fourth-order valence-electron chi connectivity index (χ4n) is 4.56. The Labute approximate surface area is 180 Å². The summed E-state index contributed by atoms with van der Waals surface area (Å²) in [5.74, 6) is 0. The smallest absolute Gasteiger partial charge is 0.0155 e. The van der Waals surface area contributed by atoms with Crippen molar-refractivity contribution < 1.29 is 0 Å². The predicted molar refractivity (Wildman–Crippen MR) is 131 cm³/mol. The second-order valence-corrected chi connectivity index (χ2v) is 8.26. The number of H-pyrrole nitrogens is 1. The molecule has 1 heterocycles. The molecule has 1 aliphatic carbocycles. The van der Waals surface area contributed by atoms with E-state index in [9.17, 15) is 0 Å². The minimum atomic E-state index is 0.0175. The Hall–Kier alpha value is -3.32. The van der Waals surface area contributed by atoms with E-state index in [2.05, 4.69) is 130 Å². The molecule has 0 unspecified atom stereocenters. The lowest BCUT2D eigenvalue weighted by molar-refractivity contribution is 0.660. The van der Waals surface area contributed by atoms with Crippen molar-refractivity contribution in [2.45, 2.75) is 33.1 Å². The number of rotatable bonds is 4. The van der Waals surface area contributed by atoms with Crippen LogP contribution in [0.4, 0.5) is 0 Å². The highest BCUT2D eigenvalue weighted by atomic mass is 14.6. The van der Waals surface area contributed by atoms with Crippen LogP contribution >= 0.6 is 0 Å². The number of nitrogens with one attached hydrogen (secondary N) is 1. The molecule has 0 radical (unpaired) electrons. The summed E-state index contributed by atoms with van der Waals surface area (Å²) in [7, 11) is 0. The molecule has 150 valence electrons. The molecule has 0 spiro atoms. The second-order valence-electron chi connectivity index (χ2n) is 8.26. The van der Waals surface area contributed by atoms with Gasteiger partial charge in [0.1, 0.15) is 0 Å². The van der Waals surface area contributed by atoms with Crippen LogP contribution in [0.2, 0.25) is 0 Å². The molecular weight excluding hydrogens is 362 g/mol. The van der Waals surface area contributed by atoms with Gasteiger partial charge in [0.15, 0.2) is 0 Å². The zero-order valence-corrected chi connectivity index (χ0v) is 18.2. The molecule has 1 aromatic heterocycles. The summed E-state index contributed by atoms with van der Waals surface area (Å²) in [5.41, 5.74) is 10.3. The lowest BCUT2D eigenvalue weighted by atomic mass is 9.82. The normalized spacial score (nSPS) is 18.5. The number of allylic oxidation sites excluding steroid dienone is 6. The molecule has 0 bridgehead atoms. The van der Waals surface area contributed by atoms with Crippen LogP contribution in [0.1, 0.15) is 55.5 Å². The van der Waals surface area contributed by atoms with Crippen LogP contribution in [0.3, 0.4) is 0 Å². The van der Waals surface area contributed by atoms with Crippen LogP contribution in [0.5, 0.6) is 0 Å². The molecule has 30 heavy (non-hydrogen) atoms. The summed E-state index contributed by atoms with van der Waals surface area (Å²) in [4.78, 5) is 3.32. The van der Waals surface area contributed by atoms with E-state index < -0.39 is 0 Å². The van der Waals surface area contributed by atoms with Crippen molar-refractivity contribution in [3.63, 3.8) is 0 Å². The quantitative estimate of drug-likeness (QED) is 0.435. The third-order valence-corrected chi connectivity index (χ3v) is 6.02. The zero-order chi connectivity index (χ0) is 21.1. The van der Waals surface area contributed by atoms with E-state index in [-0.39, 0.29) is 5.41 Å². The first kappa shape index (κ1) is 20.0. The number of aromatic nitrogens is 1. The first-order valence-electron chi connectivity index (χ1n) is 10.6. The molecule has 4 rings (SSSR count). The average molecular weight is 392 g/mol. The molecule has 3 aromatic rings. The highest BCUT2D eigenvalue weighted by Gasteiger charge is 2.37. The van der Waals surface area contributed by atoms with Crippen LogP contribution in [0.25, 0.3) is 23.3 Å². The van der Waals surface area contributed by atoms with Gasteiger partial charge < -0.3 is 4.98 Å². The Bertz CT molecular complexity index is 1160. The van der Waals surface area contributed by atoms with Gasteiger partial charge >= 0.3 is 0 Å². The SMILES string of the molecule is C/C=C\C(=C/c1c[nH]cc1C=C1/C(=C\C)C(C)(C)c2ccccc21)c1ccccc1. The number of fused-ring (bicyclic) bond motifs is 1. The molecule has 0 aliphatic heterocycles. The molecule has 1 N–H and O–H groups in total.